The second-order valence-corrected chi connectivity index (χ2v) is 6.28. The van der Waals surface area contributed by atoms with E-state index in [2.05, 4.69) is 31.3 Å². The quantitative estimate of drug-likeness (QED) is 0.793. The molecule has 1 aliphatic rings. The Morgan fingerprint density at radius 2 is 2.26 bits per heavy atom. The SMILES string of the molecule is COc1ccc2c(c1)-c1nc(CNC(C)C)sc1C2. The van der Waals surface area contributed by atoms with E-state index < -0.39 is 0 Å². The Bertz CT molecular complexity index is 604. The van der Waals surface area contributed by atoms with Crippen LogP contribution in [0, 0.1) is 0 Å². The second kappa shape index (κ2) is 4.94. The first kappa shape index (κ1) is 12.6. The summed E-state index contributed by atoms with van der Waals surface area (Å²) in [6.07, 6.45) is 1.01. The lowest BCUT2D eigenvalue weighted by molar-refractivity contribution is 0.415. The maximum absolute atomic E-state index is 5.30. The summed E-state index contributed by atoms with van der Waals surface area (Å²) in [4.78, 5) is 6.16. The summed E-state index contributed by atoms with van der Waals surface area (Å²) >= 11 is 1.82. The summed E-state index contributed by atoms with van der Waals surface area (Å²) in [5.41, 5.74) is 3.75. The van der Waals surface area contributed by atoms with Gasteiger partial charge < -0.3 is 10.1 Å². The summed E-state index contributed by atoms with van der Waals surface area (Å²) in [5.74, 6) is 0.904. The molecule has 0 saturated heterocycles. The number of methoxy groups -OCH3 is 1. The average Bonchev–Trinajstić information content (AvgIpc) is 2.92. The van der Waals surface area contributed by atoms with E-state index in [1.165, 1.54) is 21.0 Å². The molecule has 0 atom stereocenters. The van der Waals surface area contributed by atoms with Gasteiger partial charge in [0.2, 0.25) is 0 Å². The van der Waals surface area contributed by atoms with Gasteiger partial charge in [-0.3, -0.25) is 0 Å². The standard InChI is InChI=1S/C15H18N2OS/c1-9(2)16-8-14-17-15-12-7-11(18-3)5-4-10(12)6-13(15)19-14/h4-5,7,9,16H,6,8H2,1-3H3. The smallest absolute Gasteiger partial charge is 0.119 e. The van der Waals surface area contributed by atoms with E-state index in [1.807, 2.05) is 17.4 Å². The average molecular weight is 274 g/mol. The van der Waals surface area contributed by atoms with Crippen molar-refractivity contribution in [3.05, 3.63) is 33.6 Å². The predicted molar refractivity (Wildman–Crippen MR) is 78.9 cm³/mol. The number of fused-ring (bicyclic) bond motifs is 3. The zero-order valence-corrected chi connectivity index (χ0v) is 12.3. The Morgan fingerprint density at radius 1 is 1.42 bits per heavy atom. The van der Waals surface area contributed by atoms with E-state index in [0.717, 1.165) is 24.4 Å². The first-order chi connectivity index (χ1) is 9.17. The van der Waals surface area contributed by atoms with Crippen LogP contribution in [0.25, 0.3) is 11.3 Å². The molecule has 4 heteroatoms. The van der Waals surface area contributed by atoms with Gasteiger partial charge in [0.1, 0.15) is 10.8 Å². The molecule has 0 fully saturated rings. The van der Waals surface area contributed by atoms with Gasteiger partial charge in [-0.05, 0) is 17.7 Å². The third kappa shape index (κ3) is 2.38. The molecule has 1 aromatic carbocycles. The molecular weight excluding hydrogens is 256 g/mol. The highest BCUT2D eigenvalue weighted by atomic mass is 32.1. The van der Waals surface area contributed by atoms with Gasteiger partial charge >= 0.3 is 0 Å². The number of ether oxygens (including phenoxy) is 1. The lowest BCUT2D eigenvalue weighted by Crippen LogP contribution is -2.21. The van der Waals surface area contributed by atoms with Crippen molar-refractivity contribution in [2.24, 2.45) is 0 Å². The van der Waals surface area contributed by atoms with Gasteiger partial charge in [-0.1, -0.05) is 19.9 Å². The van der Waals surface area contributed by atoms with Gasteiger partial charge in [0.15, 0.2) is 0 Å². The Labute approximate surface area is 117 Å². The van der Waals surface area contributed by atoms with Crippen LogP contribution in [0.15, 0.2) is 18.2 Å². The van der Waals surface area contributed by atoms with Gasteiger partial charge in [-0.25, -0.2) is 4.98 Å². The van der Waals surface area contributed by atoms with Gasteiger partial charge in [-0.2, -0.15) is 0 Å². The molecule has 1 aromatic heterocycles. The molecule has 0 radical (unpaired) electrons. The molecule has 0 unspecified atom stereocenters. The number of thiazole rings is 1. The van der Waals surface area contributed by atoms with Crippen LogP contribution in [-0.4, -0.2) is 18.1 Å². The Hall–Kier alpha value is -1.39. The van der Waals surface area contributed by atoms with Crippen LogP contribution < -0.4 is 10.1 Å². The predicted octanol–water partition coefficient (Wildman–Crippen LogP) is 3.22. The zero-order chi connectivity index (χ0) is 13.4. The van der Waals surface area contributed by atoms with Crippen LogP contribution >= 0.6 is 11.3 Å². The number of nitrogens with zero attached hydrogens (tertiary/aromatic N) is 1. The third-order valence-electron chi connectivity index (χ3n) is 3.33. The fraction of sp³-hybridized carbons (Fsp3) is 0.400. The molecule has 0 spiro atoms. The summed E-state index contributed by atoms with van der Waals surface area (Å²) < 4.78 is 5.30. The molecule has 1 heterocycles. The van der Waals surface area contributed by atoms with E-state index in [1.54, 1.807) is 7.11 Å². The molecule has 2 aromatic rings. The highest BCUT2D eigenvalue weighted by Crippen LogP contribution is 2.40. The number of nitrogens with one attached hydrogen (secondary N) is 1. The minimum absolute atomic E-state index is 0.492. The minimum atomic E-state index is 0.492. The van der Waals surface area contributed by atoms with Crippen LogP contribution in [0.4, 0.5) is 0 Å². The number of aromatic nitrogens is 1. The Morgan fingerprint density at radius 3 is 3.00 bits per heavy atom. The summed E-state index contributed by atoms with van der Waals surface area (Å²) in [5, 5.41) is 4.59. The molecule has 100 valence electrons. The summed E-state index contributed by atoms with van der Waals surface area (Å²) in [7, 11) is 1.70. The number of hydrogen-bond donors (Lipinski definition) is 1. The van der Waals surface area contributed by atoms with Crippen molar-refractivity contribution in [1.29, 1.82) is 0 Å². The van der Waals surface area contributed by atoms with Crippen molar-refractivity contribution >= 4 is 11.3 Å². The van der Waals surface area contributed by atoms with E-state index in [9.17, 15) is 0 Å². The fourth-order valence-corrected chi connectivity index (χ4v) is 3.38. The first-order valence-electron chi connectivity index (χ1n) is 6.56. The fourth-order valence-electron chi connectivity index (χ4n) is 2.33. The molecule has 0 amide bonds. The van der Waals surface area contributed by atoms with Crippen molar-refractivity contribution in [1.82, 2.24) is 10.3 Å². The largest absolute Gasteiger partial charge is 0.497 e. The summed E-state index contributed by atoms with van der Waals surface area (Å²) in [6, 6.07) is 6.76. The maximum Gasteiger partial charge on any atom is 0.119 e. The third-order valence-corrected chi connectivity index (χ3v) is 4.38. The molecule has 3 rings (SSSR count). The number of hydrogen-bond acceptors (Lipinski definition) is 4. The topological polar surface area (TPSA) is 34.1 Å². The van der Waals surface area contributed by atoms with Crippen molar-refractivity contribution in [2.75, 3.05) is 7.11 Å². The lowest BCUT2D eigenvalue weighted by Gasteiger charge is -2.06. The van der Waals surface area contributed by atoms with Crippen LogP contribution in [0.2, 0.25) is 0 Å². The lowest BCUT2D eigenvalue weighted by atomic mass is 10.1. The van der Waals surface area contributed by atoms with Crippen molar-refractivity contribution < 1.29 is 4.74 Å². The van der Waals surface area contributed by atoms with Gasteiger partial charge in [0.25, 0.3) is 0 Å². The molecule has 0 saturated carbocycles. The molecule has 1 aliphatic carbocycles. The number of rotatable bonds is 4. The maximum atomic E-state index is 5.30. The first-order valence-corrected chi connectivity index (χ1v) is 7.38. The van der Waals surface area contributed by atoms with Crippen molar-refractivity contribution in [3.63, 3.8) is 0 Å². The zero-order valence-electron chi connectivity index (χ0n) is 11.5. The molecule has 3 nitrogen and oxygen atoms in total. The highest BCUT2D eigenvalue weighted by Gasteiger charge is 2.23. The molecule has 1 N–H and O–H groups in total. The normalized spacial score (nSPS) is 12.6. The number of benzene rings is 1. The Balaban J connectivity index is 1.89. The molecule has 19 heavy (non-hydrogen) atoms. The highest BCUT2D eigenvalue weighted by molar-refractivity contribution is 7.12. The van der Waals surface area contributed by atoms with Crippen molar-refractivity contribution in [3.8, 4) is 17.0 Å². The molecule has 0 aliphatic heterocycles. The van der Waals surface area contributed by atoms with Gasteiger partial charge in [-0.15, -0.1) is 11.3 Å². The van der Waals surface area contributed by atoms with E-state index in [4.69, 9.17) is 9.72 Å². The van der Waals surface area contributed by atoms with Gasteiger partial charge in [0.05, 0.1) is 12.8 Å². The molecule has 0 bridgehead atoms. The van der Waals surface area contributed by atoms with Crippen LogP contribution in [0.3, 0.4) is 0 Å². The second-order valence-electron chi connectivity index (χ2n) is 5.11. The minimum Gasteiger partial charge on any atom is -0.497 e. The molecular formula is C15H18N2OS. The van der Waals surface area contributed by atoms with Crippen LogP contribution in [0.5, 0.6) is 5.75 Å². The summed E-state index contributed by atoms with van der Waals surface area (Å²) in [6.45, 7) is 5.16. The van der Waals surface area contributed by atoms with E-state index >= 15 is 0 Å². The van der Waals surface area contributed by atoms with Crippen molar-refractivity contribution in [2.45, 2.75) is 32.9 Å². The monoisotopic (exact) mass is 274 g/mol. The van der Waals surface area contributed by atoms with E-state index in [-0.39, 0.29) is 0 Å². The van der Waals surface area contributed by atoms with E-state index in [0.29, 0.717) is 6.04 Å². The Kier molecular flexibility index (Phi) is 3.29. The van der Waals surface area contributed by atoms with Gasteiger partial charge in [0, 0.05) is 29.4 Å². The van der Waals surface area contributed by atoms with Crippen LogP contribution in [0.1, 0.15) is 29.3 Å². The van der Waals surface area contributed by atoms with Crippen LogP contribution in [-0.2, 0) is 13.0 Å².